The fourth-order valence-corrected chi connectivity index (χ4v) is 3.57. The maximum Gasteiger partial charge on any atom is 0.387 e. The van der Waals surface area contributed by atoms with E-state index in [0.717, 1.165) is 12.8 Å². The van der Waals surface area contributed by atoms with Gasteiger partial charge in [-0.1, -0.05) is 19.3 Å². The van der Waals surface area contributed by atoms with E-state index in [2.05, 4.69) is 10.1 Å². The van der Waals surface area contributed by atoms with E-state index >= 15 is 0 Å². The molecule has 0 aliphatic heterocycles. The van der Waals surface area contributed by atoms with Gasteiger partial charge >= 0.3 is 6.61 Å². The Labute approximate surface area is 138 Å². The average molecular weight is 343 g/mol. The molecule has 2 rings (SSSR count). The van der Waals surface area contributed by atoms with Crippen LogP contribution in [0.3, 0.4) is 0 Å². The van der Waals surface area contributed by atoms with Gasteiger partial charge in [0.2, 0.25) is 5.91 Å². The van der Waals surface area contributed by atoms with Crippen LogP contribution in [0, 0.1) is 0 Å². The molecule has 1 N–H and O–H groups in total. The quantitative estimate of drug-likeness (QED) is 0.857. The first kappa shape index (κ1) is 17.7. The van der Waals surface area contributed by atoms with Crippen molar-refractivity contribution in [1.29, 1.82) is 0 Å². The number of amides is 2. The Bertz CT molecular complexity index is 531. The highest BCUT2D eigenvalue weighted by Crippen LogP contribution is 2.27. The number of thioether (sulfide) groups is 1. The predicted octanol–water partition coefficient (Wildman–Crippen LogP) is 3.61. The molecular weight excluding hydrogens is 324 g/mol. The Hall–Kier alpha value is -1.63. The molecule has 1 aromatic rings. The Balaban J connectivity index is 1.77. The molecule has 0 heterocycles. The molecule has 1 fully saturated rings. The molecule has 0 saturated heterocycles. The fraction of sp³-hybridized carbons (Fsp3) is 0.500. The van der Waals surface area contributed by atoms with Crippen molar-refractivity contribution in [1.82, 2.24) is 5.32 Å². The zero-order chi connectivity index (χ0) is 16.7. The van der Waals surface area contributed by atoms with Gasteiger partial charge in [-0.25, -0.2) is 0 Å². The number of imide groups is 1. The first-order valence-corrected chi connectivity index (χ1v) is 8.60. The van der Waals surface area contributed by atoms with Crippen molar-refractivity contribution >= 4 is 23.6 Å². The second-order valence-corrected chi connectivity index (χ2v) is 6.64. The maximum atomic E-state index is 12.0. The first-order valence-electron chi connectivity index (χ1n) is 7.55. The van der Waals surface area contributed by atoms with E-state index in [4.69, 9.17) is 0 Å². The molecule has 0 radical (unpaired) electrons. The third-order valence-electron chi connectivity index (χ3n) is 3.60. The molecule has 0 spiro atoms. The number of rotatable bonds is 6. The molecule has 0 atom stereocenters. The van der Waals surface area contributed by atoms with E-state index in [-0.39, 0.29) is 23.0 Å². The summed E-state index contributed by atoms with van der Waals surface area (Å²) >= 11 is 1.58. The Morgan fingerprint density at radius 3 is 2.43 bits per heavy atom. The Morgan fingerprint density at radius 2 is 1.83 bits per heavy atom. The monoisotopic (exact) mass is 343 g/mol. The van der Waals surface area contributed by atoms with E-state index < -0.39 is 12.5 Å². The minimum absolute atomic E-state index is 0.0317. The van der Waals surface area contributed by atoms with E-state index in [1.165, 1.54) is 43.5 Å². The number of carbonyl (C=O) groups is 2. The number of carbonyl (C=O) groups excluding carboxylic acids is 2. The van der Waals surface area contributed by atoms with E-state index in [0.29, 0.717) is 5.25 Å². The largest absolute Gasteiger partial charge is 0.435 e. The van der Waals surface area contributed by atoms with Crippen LogP contribution >= 0.6 is 11.8 Å². The molecule has 1 aromatic carbocycles. The topological polar surface area (TPSA) is 55.4 Å². The third kappa shape index (κ3) is 6.17. The summed E-state index contributed by atoms with van der Waals surface area (Å²) in [6.07, 6.45) is 5.90. The summed E-state index contributed by atoms with van der Waals surface area (Å²) in [5.74, 6) is -0.653. The van der Waals surface area contributed by atoms with Crippen molar-refractivity contribution in [2.75, 3.05) is 5.75 Å². The molecule has 1 aliphatic carbocycles. The van der Waals surface area contributed by atoms with Gasteiger partial charge in [0.15, 0.2) is 0 Å². The van der Waals surface area contributed by atoms with Gasteiger partial charge in [-0.2, -0.15) is 8.78 Å². The van der Waals surface area contributed by atoms with Crippen molar-refractivity contribution < 1.29 is 23.1 Å². The molecule has 126 valence electrons. The zero-order valence-corrected chi connectivity index (χ0v) is 13.4. The van der Waals surface area contributed by atoms with Gasteiger partial charge in [-0.3, -0.25) is 14.9 Å². The van der Waals surface area contributed by atoms with Crippen LogP contribution < -0.4 is 10.1 Å². The normalized spacial score (nSPS) is 15.4. The summed E-state index contributed by atoms with van der Waals surface area (Å²) in [6, 6.07) is 5.22. The second-order valence-electron chi connectivity index (χ2n) is 5.35. The molecule has 2 amide bonds. The van der Waals surface area contributed by atoms with Crippen LogP contribution in [0.25, 0.3) is 0 Å². The van der Waals surface area contributed by atoms with E-state index in [9.17, 15) is 18.4 Å². The molecule has 0 bridgehead atoms. The summed E-state index contributed by atoms with van der Waals surface area (Å²) in [5.41, 5.74) is 0.225. The van der Waals surface area contributed by atoms with Gasteiger partial charge in [0.1, 0.15) is 5.75 Å². The molecule has 1 aliphatic rings. The smallest absolute Gasteiger partial charge is 0.387 e. The van der Waals surface area contributed by atoms with Crippen LogP contribution in [0.15, 0.2) is 24.3 Å². The molecule has 0 aromatic heterocycles. The standard InChI is InChI=1S/C16H19F2NO3S/c17-16(18)22-12-8-6-11(7-9-12)15(21)19-14(20)10-23-13-4-2-1-3-5-13/h6-9,13,16H,1-5,10H2,(H,19,20,21). The molecule has 23 heavy (non-hydrogen) atoms. The zero-order valence-electron chi connectivity index (χ0n) is 12.6. The van der Waals surface area contributed by atoms with Crippen LogP contribution in [-0.2, 0) is 4.79 Å². The highest BCUT2D eigenvalue weighted by Gasteiger charge is 2.17. The van der Waals surface area contributed by atoms with Crippen molar-refractivity contribution in [3.8, 4) is 5.75 Å². The number of ether oxygens (including phenoxy) is 1. The lowest BCUT2D eigenvalue weighted by atomic mass is 10.0. The number of alkyl halides is 2. The minimum Gasteiger partial charge on any atom is -0.435 e. The van der Waals surface area contributed by atoms with Crippen molar-refractivity contribution in [3.63, 3.8) is 0 Å². The van der Waals surface area contributed by atoms with Crippen LogP contribution in [0.5, 0.6) is 5.75 Å². The van der Waals surface area contributed by atoms with Crippen LogP contribution in [0.2, 0.25) is 0 Å². The van der Waals surface area contributed by atoms with Gasteiger partial charge in [0.05, 0.1) is 5.75 Å². The number of halogens is 2. The number of benzene rings is 1. The first-order chi connectivity index (χ1) is 11.0. The van der Waals surface area contributed by atoms with Crippen LogP contribution in [-0.4, -0.2) is 29.4 Å². The number of hydrogen-bond acceptors (Lipinski definition) is 4. The maximum absolute atomic E-state index is 12.0. The van der Waals surface area contributed by atoms with E-state index in [1.807, 2.05) is 0 Å². The SMILES string of the molecule is O=C(CSC1CCCCC1)NC(=O)c1ccc(OC(F)F)cc1. The van der Waals surface area contributed by atoms with Crippen molar-refractivity contribution in [2.24, 2.45) is 0 Å². The number of nitrogens with one attached hydrogen (secondary N) is 1. The predicted molar refractivity (Wildman–Crippen MR) is 84.9 cm³/mol. The Kier molecular flexibility index (Phi) is 6.83. The third-order valence-corrected chi connectivity index (χ3v) is 4.97. The van der Waals surface area contributed by atoms with E-state index in [1.54, 1.807) is 11.8 Å². The highest BCUT2D eigenvalue weighted by molar-refractivity contribution is 8.00. The fourth-order valence-electron chi connectivity index (χ4n) is 2.45. The van der Waals surface area contributed by atoms with Crippen LogP contribution in [0.4, 0.5) is 8.78 Å². The lowest BCUT2D eigenvalue weighted by molar-refractivity contribution is -0.117. The molecule has 1 saturated carbocycles. The summed E-state index contributed by atoms with van der Waals surface area (Å²) < 4.78 is 28.3. The van der Waals surface area contributed by atoms with Crippen molar-refractivity contribution in [2.45, 2.75) is 44.0 Å². The lowest BCUT2D eigenvalue weighted by Gasteiger charge is -2.20. The number of hydrogen-bond donors (Lipinski definition) is 1. The summed E-state index contributed by atoms with van der Waals surface area (Å²) in [5, 5.41) is 2.80. The minimum atomic E-state index is -2.91. The molecule has 4 nitrogen and oxygen atoms in total. The second kappa shape index (κ2) is 8.86. The van der Waals surface area contributed by atoms with Gasteiger partial charge in [-0.15, -0.1) is 11.8 Å². The van der Waals surface area contributed by atoms with Crippen LogP contribution in [0.1, 0.15) is 42.5 Å². The summed E-state index contributed by atoms with van der Waals surface area (Å²) in [6.45, 7) is -2.91. The Morgan fingerprint density at radius 1 is 1.17 bits per heavy atom. The lowest BCUT2D eigenvalue weighted by Crippen LogP contribution is -2.32. The summed E-state index contributed by atoms with van der Waals surface area (Å²) in [4.78, 5) is 23.7. The van der Waals surface area contributed by atoms with Gasteiger partial charge in [0.25, 0.3) is 5.91 Å². The van der Waals surface area contributed by atoms with Gasteiger partial charge in [-0.05, 0) is 37.1 Å². The molecular formula is C16H19F2NO3S. The summed E-state index contributed by atoms with van der Waals surface area (Å²) in [7, 11) is 0. The highest BCUT2D eigenvalue weighted by atomic mass is 32.2. The molecule has 0 unspecified atom stereocenters. The average Bonchev–Trinajstić information content (AvgIpc) is 2.54. The van der Waals surface area contributed by atoms with Gasteiger partial charge < -0.3 is 4.74 Å². The van der Waals surface area contributed by atoms with Gasteiger partial charge in [0, 0.05) is 10.8 Å². The molecule has 7 heteroatoms. The van der Waals surface area contributed by atoms with Crippen molar-refractivity contribution in [3.05, 3.63) is 29.8 Å².